The van der Waals surface area contributed by atoms with E-state index in [9.17, 15) is 0 Å². The molecule has 0 unspecified atom stereocenters. The first-order valence-electron chi connectivity index (χ1n) is 18.2. The molecule has 3 heteroatoms. The van der Waals surface area contributed by atoms with Crippen molar-refractivity contribution in [1.29, 1.82) is 0 Å². The molecular formula is C50H30N2S. The summed E-state index contributed by atoms with van der Waals surface area (Å²) in [6.07, 6.45) is 0. The minimum atomic E-state index is 1.16. The van der Waals surface area contributed by atoms with Gasteiger partial charge in [-0.05, 0) is 75.6 Å². The summed E-state index contributed by atoms with van der Waals surface area (Å²) in [5, 5.41) is 12.7. The number of hydrogen-bond acceptors (Lipinski definition) is 1. The molecule has 0 saturated carbocycles. The SMILES string of the molecule is c1ccc(-n2c3ccccc3c3ccc4c(c5c6ccccc6ccc5n4-c4cc(-c5cccc6ccccc56)c5sc6ccccc6c5c4)c32)cc1. The van der Waals surface area contributed by atoms with Crippen LogP contribution in [-0.2, 0) is 0 Å². The zero-order valence-electron chi connectivity index (χ0n) is 28.6. The zero-order valence-corrected chi connectivity index (χ0v) is 29.4. The molecule has 0 N–H and O–H groups in total. The van der Waals surface area contributed by atoms with Crippen LogP contribution in [-0.4, -0.2) is 9.13 Å². The Hall–Kier alpha value is -6.68. The number of nitrogens with zero attached hydrogens (tertiary/aromatic N) is 2. The average molecular weight is 691 g/mol. The van der Waals surface area contributed by atoms with Crippen molar-refractivity contribution in [2.45, 2.75) is 0 Å². The second-order valence-electron chi connectivity index (χ2n) is 14.1. The minimum Gasteiger partial charge on any atom is -0.309 e. The van der Waals surface area contributed by atoms with Crippen molar-refractivity contribution in [2.75, 3.05) is 0 Å². The van der Waals surface area contributed by atoms with Crippen molar-refractivity contribution in [3.05, 3.63) is 182 Å². The lowest BCUT2D eigenvalue weighted by Gasteiger charge is -2.14. The predicted octanol–water partition coefficient (Wildman–Crippen LogP) is 14.2. The van der Waals surface area contributed by atoms with E-state index in [1.54, 1.807) is 0 Å². The third-order valence-corrected chi connectivity index (χ3v) is 12.5. The van der Waals surface area contributed by atoms with Gasteiger partial charge >= 0.3 is 0 Å². The summed E-state index contributed by atoms with van der Waals surface area (Å²) in [4.78, 5) is 0. The van der Waals surface area contributed by atoms with Crippen LogP contribution in [0.1, 0.15) is 0 Å². The summed E-state index contributed by atoms with van der Waals surface area (Å²) in [5.41, 5.74) is 9.73. The lowest BCUT2D eigenvalue weighted by Crippen LogP contribution is -1.96. The molecule has 53 heavy (non-hydrogen) atoms. The highest BCUT2D eigenvalue weighted by Crippen LogP contribution is 2.47. The zero-order chi connectivity index (χ0) is 34.6. The van der Waals surface area contributed by atoms with Crippen molar-refractivity contribution in [1.82, 2.24) is 9.13 Å². The van der Waals surface area contributed by atoms with Crippen LogP contribution in [0.5, 0.6) is 0 Å². The fourth-order valence-electron chi connectivity index (χ4n) is 9.04. The smallest absolute Gasteiger partial charge is 0.0641 e. The number of thiophene rings is 1. The van der Waals surface area contributed by atoms with E-state index in [1.807, 2.05) is 11.3 Å². The van der Waals surface area contributed by atoms with Gasteiger partial charge in [-0.1, -0.05) is 133 Å². The Kier molecular flexibility index (Phi) is 5.96. The molecule has 3 aromatic heterocycles. The highest BCUT2D eigenvalue weighted by atomic mass is 32.1. The van der Waals surface area contributed by atoms with Gasteiger partial charge in [0.25, 0.3) is 0 Å². The quantitative estimate of drug-likeness (QED) is 0.175. The van der Waals surface area contributed by atoms with Crippen LogP contribution in [0.4, 0.5) is 0 Å². The Morgan fingerprint density at radius 3 is 1.87 bits per heavy atom. The van der Waals surface area contributed by atoms with Crippen molar-refractivity contribution in [3.63, 3.8) is 0 Å². The number of para-hydroxylation sites is 2. The third kappa shape index (κ3) is 4.03. The van der Waals surface area contributed by atoms with Gasteiger partial charge in [0.15, 0.2) is 0 Å². The average Bonchev–Trinajstić information content (AvgIpc) is 3.88. The van der Waals surface area contributed by atoms with Gasteiger partial charge in [0.1, 0.15) is 0 Å². The molecule has 0 fully saturated rings. The Morgan fingerprint density at radius 2 is 1.00 bits per heavy atom. The maximum Gasteiger partial charge on any atom is 0.0641 e. The van der Waals surface area contributed by atoms with Gasteiger partial charge in [-0.3, -0.25) is 0 Å². The molecule has 0 aliphatic heterocycles. The molecule has 0 radical (unpaired) electrons. The van der Waals surface area contributed by atoms with Crippen molar-refractivity contribution in [2.24, 2.45) is 0 Å². The van der Waals surface area contributed by atoms with E-state index in [4.69, 9.17) is 0 Å². The van der Waals surface area contributed by atoms with Crippen molar-refractivity contribution in [3.8, 4) is 22.5 Å². The molecule has 0 aliphatic carbocycles. The van der Waals surface area contributed by atoms with Crippen LogP contribution in [0.15, 0.2) is 182 Å². The van der Waals surface area contributed by atoms with Gasteiger partial charge in [0.2, 0.25) is 0 Å². The fourth-order valence-corrected chi connectivity index (χ4v) is 10.3. The number of hydrogen-bond donors (Lipinski definition) is 0. The van der Waals surface area contributed by atoms with E-state index in [2.05, 4.69) is 191 Å². The maximum atomic E-state index is 2.53. The Balaban J connectivity index is 1.30. The number of benzene rings is 9. The normalized spacial score (nSPS) is 12.2. The Bertz CT molecular complexity index is 3450. The highest BCUT2D eigenvalue weighted by molar-refractivity contribution is 7.26. The first kappa shape index (κ1) is 29.0. The number of aromatic nitrogens is 2. The van der Waals surface area contributed by atoms with Crippen molar-refractivity contribution < 1.29 is 0 Å². The fraction of sp³-hybridized carbons (Fsp3) is 0. The monoisotopic (exact) mass is 690 g/mol. The van der Waals surface area contributed by atoms with E-state index in [0.29, 0.717) is 0 Å². The number of fused-ring (bicyclic) bond motifs is 13. The topological polar surface area (TPSA) is 9.86 Å². The van der Waals surface area contributed by atoms with Gasteiger partial charge in [-0.15, -0.1) is 11.3 Å². The number of rotatable bonds is 3. The van der Waals surface area contributed by atoms with Gasteiger partial charge in [-0.2, -0.15) is 0 Å². The van der Waals surface area contributed by atoms with E-state index < -0.39 is 0 Å². The summed E-state index contributed by atoms with van der Waals surface area (Å²) >= 11 is 1.90. The summed E-state index contributed by atoms with van der Waals surface area (Å²) in [6, 6.07) is 67.2. The van der Waals surface area contributed by atoms with Crippen molar-refractivity contribution >= 4 is 96.7 Å². The summed E-state index contributed by atoms with van der Waals surface area (Å²) < 4.78 is 7.65. The third-order valence-electron chi connectivity index (χ3n) is 11.3. The molecule has 9 aromatic carbocycles. The Labute approximate surface area is 309 Å². The minimum absolute atomic E-state index is 1.16. The van der Waals surface area contributed by atoms with Crippen LogP contribution in [0.3, 0.4) is 0 Å². The molecule has 3 heterocycles. The Morgan fingerprint density at radius 1 is 0.340 bits per heavy atom. The van der Waals surface area contributed by atoms with Crippen LogP contribution in [0.2, 0.25) is 0 Å². The highest BCUT2D eigenvalue weighted by Gasteiger charge is 2.23. The molecule has 0 bridgehead atoms. The van der Waals surface area contributed by atoms with E-state index >= 15 is 0 Å². The molecule has 0 spiro atoms. The summed E-state index contributed by atoms with van der Waals surface area (Å²) in [5.74, 6) is 0. The second-order valence-corrected chi connectivity index (χ2v) is 15.1. The molecule has 0 saturated heterocycles. The van der Waals surface area contributed by atoms with Gasteiger partial charge in [-0.25, -0.2) is 0 Å². The molecule has 12 rings (SSSR count). The molecule has 0 aliphatic rings. The largest absolute Gasteiger partial charge is 0.309 e. The van der Waals surface area contributed by atoms with Gasteiger partial charge in [0.05, 0.1) is 22.1 Å². The standard InChI is InChI=1S/C50H30N2S/c1-2-16-33(17-3-1)52-43-23-10-8-20-38(43)40-26-28-45-48(49(40)52)47-36-19-7-5-14-32(36)25-27-44(47)51(45)34-29-41(37-22-12-15-31-13-4-6-18-35(31)37)50-42(30-34)39-21-9-11-24-46(39)53-50/h1-30H. The molecule has 12 aromatic rings. The summed E-state index contributed by atoms with van der Waals surface area (Å²) in [6.45, 7) is 0. The van der Waals surface area contributed by atoms with E-state index in [1.165, 1.54) is 102 Å². The maximum absolute atomic E-state index is 2.53. The van der Waals surface area contributed by atoms with Gasteiger partial charge < -0.3 is 9.13 Å². The van der Waals surface area contributed by atoms with Crippen LogP contribution >= 0.6 is 11.3 Å². The second kappa shape index (κ2) is 10.9. The lowest BCUT2D eigenvalue weighted by atomic mass is 9.96. The molecular weight excluding hydrogens is 661 g/mol. The first-order chi connectivity index (χ1) is 26.3. The predicted molar refractivity (Wildman–Crippen MR) is 228 cm³/mol. The lowest BCUT2D eigenvalue weighted by molar-refractivity contribution is 1.18. The summed E-state index contributed by atoms with van der Waals surface area (Å²) in [7, 11) is 0. The molecule has 2 nitrogen and oxygen atoms in total. The molecule has 0 amide bonds. The van der Waals surface area contributed by atoms with E-state index in [-0.39, 0.29) is 0 Å². The first-order valence-corrected chi connectivity index (χ1v) is 19.0. The molecule has 246 valence electrons. The van der Waals surface area contributed by atoms with Crippen LogP contribution in [0.25, 0.3) is 108 Å². The van der Waals surface area contributed by atoms with Crippen LogP contribution < -0.4 is 0 Å². The van der Waals surface area contributed by atoms with Crippen LogP contribution in [0, 0.1) is 0 Å². The van der Waals surface area contributed by atoms with E-state index in [0.717, 1.165) is 5.69 Å². The molecule has 0 atom stereocenters. The van der Waals surface area contributed by atoms with Gasteiger partial charge in [0, 0.05) is 58.7 Å².